The number of amides is 1. The van der Waals surface area contributed by atoms with Crippen LogP contribution in [0.1, 0.15) is 19.8 Å². The minimum atomic E-state index is -0.0457. The maximum Gasteiger partial charge on any atom is 0.250 e. The van der Waals surface area contributed by atoms with Crippen LogP contribution in [-0.4, -0.2) is 54.0 Å². The third-order valence-corrected chi connectivity index (χ3v) is 3.28. The Bertz CT molecular complexity index is 511. The Morgan fingerprint density at radius 3 is 2.62 bits per heavy atom. The molecular formula is C15H26N4O2. The highest BCUT2D eigenvalue weighted by molar-refractivity contribution is 5.77. The second kappa shape index (κ2) is 8.46. The molecule has 118 valence electrons. The van der Waals surface area contributed by atoms with Gasteiger partial charge in [0, 0.05) is 45.1 Å². The zero-order valence-electron chi connectivity index (χ0n) is 13.2. The van der Waals surface area contributed by atoms with Gasteiger partial charge >= 0.3 is 0 Å². The van der Waals surface area contributed by atoms with Gasteiger partial charge in [0.05, 0.1) is 6.54 Å². The number of hydrogen-bond acceptors (Lipinski definition) is 4. The molecule has 0 radical (unpaired) electrons. The monoisotopic (exact) mass is 294 g/mol. The topological polar surface area (TPSA) is 71.6 Å². The Hall–Kier alpha value is -1.82. The summed E-state index contributed by atoms with van der Waals surface area (Å²) in [5, 5.41) is 0. The number of aromatic nitrogens is 1. The number of aryl methyl sites for hydroxylation is 1. The van der Waals surface area contributed by atoms with Crippen LogP contribution in [-0.2, 0) is 11.3 Å². The molecule has 0 aliphatic rings. The van der Waals surface area contributed by atoms with Crippen molar-refractivity contribution in [3.63, 3.8) is 0 Å². The Kier molecular flexibility index (Phi) is 6.94. The van der Waals surface area contributed by atoms with E-state index in [-0.39, 0.29) is 11.5 Å². The van der Waals surface area contributed by atoms with E-state index < -0.39 is 0 Å². The zero-order chi connectivity index (χ0) is 15.8. The molecule has 0 atom stereocenters. The normalized spacial score (nSPS) is 10.9. The lowest BCUT2D eigenvalue weighted by Crippen LogP contribution is -2.38. The molecule has 0 bridgehead atoms. The number of pyridine rings is 1. The van der Waals surface area contributed by atoms with Gasteiger partial charge in [-0.3, -0.25) is 14.5 Å². The lowest BCUT2D eigenvalue weighted by molar-refractivity contribution is -0.129. The highest BCUT2D eigenvalue weighted by Crippen LogP contribution is 2.00. The third-order valence-electron chi connectivity index (χ3n) is 3.28. The van der Waals surface area contributed by atoms with Gasteiger partial charge in [-0.15, -0.1) is 0 Å². The molecule has 0 spiro atoms. The van der Waals surface area contributed by atoms with Gasteiger partial charge < -0.3 is 15.2 Å². The molecule has 6 nitrogen and oxygen atoms in total. The zero-order valence-corrected chi connectivity index (χ0v) is 13.2. The van der Waals surface area contributed by atoms with E-state index in [1.807, 2.05) is 0 Å². The summed E-state index contributed by atoms with van der Waals surface area (Å²) in [6.07, 6.45) is 3.47. The van der Waals surface area contributed by atoms with Gasteiger partial charge in [-0.1, -0.05) is 6.92 Å². The molecule has 1 amide bonds. The molecule has 2 N–H and O–H groups in total. The molecule has 6 heteroatoms. The van der Waals surface area contributed by atoms with Crippen LogP contribution in [0.5, 0.6) is 0 Å². The van der Waals surface area contributed by atoms with Crippen molar-refractivity contribution in [2.75, 3.05) is 39.5 Å². The summed E-state index contributed by atoms with van der Waals surface area (Å²) in [5.74, 6) is 0.101. The quantitative estimate of drug-likeness (QED) is 0.763. The summed E-state index contributed by atoms with van der Waals surface area (Å²) in [6, 6.07) is 3.09. The van der Waals surface area contributed by atoms with Crippen LogP contribution in [0.2, 0.25) is 0 Å². The molecule has 21 heavy (non-hydrogen) atoms. The van der Waals surface area contributed by atoms with Gasteiger partial charge in [0.2, 0.25) is 5.91 Å². The standard InChI is InChI=1S/C15H26N4O2/c1-4-8-18(12-15(21)17(2)3)9-5-10-19-11-13(16)6-7-14(19)20/h6-7,11H,4-5,8-10,12,16H2,1-3H3. The number of likely N-dealkylation sites (N-methyl/N-ethyl adjacent to an activating group) is 1. The fourth-order valence-electron chi connectivity index (χ4n) is 2.11. The Morgan fingerprint density at radius 2 is 2.00 bits per heavy atom. The molecule has 0 aliphatic carbocycles. The van der Waals surface area contributed by atoms with Crippen molar-refractivity contribution >= 4 is 11.6 Å². The number of hydrogen-bond donors (Lipinski definition) is 1. The molecule has 0 aromatic carbocycles. The first kappa shape index (κ1) is 17.2. The van der Waals surface area contributed by atoms with Crippen molar-refractivity contribution in [3.05, 3.63) is 28.7 Å². The highest BCUT2D eigenvalue weighted by atomic mass is 16.2. The first-order valence-corrected chi connectivity index (χ1v) is 7.32. The smallest absolute Gasteiger partial charge is 0.250 e. The predicted octanol–water partition coefficient (Wildman–Crippen LogP) is 0.621. The number of nitrogen functional groups attached to an aromatic ring is 1. The van der Waals surface area contributed by atoms with E-state index in [1.54, 1.807) is 35.8 Å². The summed E-state index contributed by atoms with van der Waals surface area (Å²) in [7, 11) is 3.53. The maximum atomic E-state index is 11.8. The van der Waals surface area contributed by atoms with Crippen LogP contribution in [0, 0.1) is 0 Å². The number of carbonyl (C=O) groups is 1. The molecule has 1 aromatic heterocycles. The molecular weight excluding hydrogens is 268 g/mol. The molecule has 1 rings (SSSR count). The lowest BCUT2D eigenvalue weighted by atomic mass is 10.3. The summed E-state index contributed by atoms with van der Waals surface area (Å²) in [5.41, 5.74) is 6.23. The van der Waals surface area contributed by atoms with Gasteiger partial charge in [-0.25, -0.2) is 0 Å². The number of nitrogens with two attached hydrogens (primary N) is 1. The molecule has 1 aromatic rings. The first-order chi connectivity index (χ1) is 9.93. The average molecular weight is 294 g/mol. The SMILES string of the molecule is CCCN(CCCn1cc(N)ccc1=O)CC(=O)N(C)C. The van der Waals surface area contributed by atoms with E-state index in [2.05, 4.69) is 11.8 Å². The van der Waals surface area contributed by atoms with Crippen molar-refractivity contribution in [2.45, 2.75) is 26.3 Å². The van der Waals surface area contributed by atoms with Crippen LogP contribution in [0.4, 0.5) is 5.69 Å². The summed E-state index contributed by atoms with van der Waals surface area (Å²) in [4.78, 5) is 27.2. The van der Waals surface area contributed by atoms with Crippen LogP contribution >= 0.6 is 0 Å². The van der Waals surface area contributed by atoms with Crippen LogP contribution < -0.4 is 11.3 Å². The number of carbonyl (C=O) groups excluding carboxylic acids is 1. The second-order valence-corrected chi connectivity index (χ2v) is 5.41. The Balaban J connectivity index is 2.51. The van der Waals surface area contributed by atoms with E-state index >= 15 is 0 Å². The minimum absolute atomic E-state index is 0.0457. The van der Waals surface area contributed by atoms with E-state index in [9.17, 15) is 9.59 Å². The molecule has 0 saturated heterocycles. The molecule has 0 fully saturated rings. The van der Waals surface area contributed by atoms with E-state index in [4.69, 9.17) is 5.73 Å². The number of anilines is 1. The Labute approximate surface area is 126 Å². The van der Waals surface area contributed by atoms with Crippen molar-refractivity contribution in [2.24, 2.45) is 0 Å². The van der Waals surface area contributed by atoms with Crippen LogP contribution in [0.25, 0.3) is 0 Å². The van der Waals surface area contributed by atoms with Gasteiger partial charge in [0.15, 0.2) is 0 Å². The molecule has 0 aliphatic heterocycles. The maximum absolute atomic E-state index is 11.8. The largest absolute Gasteiger partial charge is 0.398 e. The molecule has 0 saturated carbocycles. The fourth-order valence-corrected chi connectivity index (χ4v) is 2.11. The first-order valence-electron chi connectivity index (χ1n) is 7.32. The van der Waals surface area contributed by atoms with Crippen molar-refractivity contribution in [3.8, 4) is 0 Å². The van der Waals surface area contributed by atoms with Crippen LogP contribution in [0.15, 0.2) is 23.1 Å². The minimum Gasteiger partial charge on any atom is -0.398 e. The number of rotatable bonds is 8. The number of nitrogens with zero attached hydrogens (tertiary/aromatic N) is 3. The molecule has 0 unspecified atom stereocenters. The van der Waals surface area contributed by atoms with Crippen molar-refractivity contribution < 1.29 is 4.79 Å². The lowest BCUT2D eigenvalue weighted by Gasteiger charge is -2.23. The van der Waals surface area contributed by atoms with Crippen molar-refractivity contribution in [1.29, 1.82) is 0 Å². The van der Waals surface area contributed by atoms with Gasteiger partial charge in [-0.05, 0) is 25.5 Å². The highest BCUT2D eigenvalue weighted by Gasteiger charge is 2.11. The van der Waals surface area contributed by atoms with Gasteiger partial charge in [0.1, 0.15) is 0 Å². The fraction of sp³-hybridized carbons (Fsp3) is 0.600. The van der Waals surface area contributed by atoms with Crippen molar-refractivity contribution in [1.82, 2.24) is 14.4 Å². The van der Waals surface area contributed by atoms with E-state index in [0.717, 1.165) is 25.9 Å². The predicted molar refractivity (Wildman–Crippen MR) is 85.2 cm³/mol. The van der Waals surface area contributed by atoms with E-state index in [0.29, 0.717) is 18.8 Å². The summed E-state index contributed by atoms with van der Waals surface area (Å²) >= 11 is 0. The third kappa shape index (κ3) is 5.99. The molecule has 1 heterocycles. The summed E-state index contributed by atoms with van der Waals surface area (Å²) < 4.78 is 1.62. The van der Waals surface area contributed by atoms with Crippen LogP contribution in [0.3, 0.4) is 0 Å². The van der Waals surface area contributed by atoms with Gasteiger partial charge in [0.25, 0.3) is 5.56 Å². The summed E-state index contributed by atoms with van der Waals surface area (Å²) in [6.45, 7) is 4.79. The van der Waals surface area contributed by atoms with Gasteiger partial charge in [-0.2, -0.15) is 0 Å². The average Bonchev–Trinajstić information content (AvgIpc) is 2.42. The van der Waals surface area contributed by atoms with E-state index in [1.165, 1.54) is 6.07 Å². The second-order valence-electron chi connectivity index (χ2n) is 5.41. The Morgan fingerprint density at radius 1 is 1.29 bits per heavy atom.